The first-order valence-corrected chi connectivity index (χ1v) is 2.03. The predicted octanol–water partition coefficient (Wildman–Crippen LogP) is 1.28. The fraction of sp³-hybridized carbons (Fsp3) is 0. The Labute approximate surface area is 48.5 Å². The van der Waals surface area contributed by atoms with Crippen LogP contribution in [-0.4, -0.2) is 6.72 Å². The molecule has 0 heterocycles. The van der Waals surface area contributed by atoms with Gasteiger partial charge in [0.1, 0.15) is 6.07 Å². The first-order chi connectivity index (χ1) is 3.85. The maximum Gasteiger partial charge on any atom is 0.101 e. The summed E-state index contributed by atoms with van der Waals surface area (Å²) in [6.45, 7) is 6.54. The molecule has 0 aliphatic heterocycles. The highest BCUT2D eigenvalue weighted by molar-refractivity contribution is 5.34. The number of hydrogen-bond acceptors (Lipinski definition) is 2. The third kappa shape index (κ3) is 1.93. The second-order valence-corrected chi connectivity index (χ2v) is 1.08. The van der Waals surface area contributed by atoms with Crippen LogP contribution >= 0.6 is 0 Å². The summed E-state index contributed by atoms with van der Waals surface area (Å²) in [7, 11) is 0. The monoisotopic (exact) mass is 106 g/mol. The lowest BCUT2D eigenvalue weighted by atomic mass is 10.3. The van der Waals surface area contributed by atoms with Gasteiger partial charge < -0.3 is 0 Å². The standard InChI is InChI=1S/C6H6N2/c1-3-6(4-7)5-8-2/h3,5H,1-2H2. The van der Waals surface area contributed by atoms with Gasteiger partial charge in [-0.15, -0.1) is 0 Å². The summed E-state index contributed by atoms with van der Waals surface area (Å²) in [6, 6.07) is 1.86. The molecular weight excluding hydrogens is 100 g/mol. The van der Waals surface area contributed by atoms with Crippen molar-refractivity contribution < 1.29 is 0 Å². The molecule has 40 valence electrons. The predicted molar refractivity (Wildman–Crippen MR) is 33.4 cm³/mol. The average molecular weight is 106 g/mol. The van der Waals surface area contributed by atoms with Crippen molar-refractivity contribution in [2.24, 2.45) is 4.99 Å². The van der Waals surface area contributed by atoms with E-state index in [4.69, 9.17) is 5.26 Å². The minimum Gasteiger partial charge on any atom is -0.271 e. The first-order valence-electron chi connectivity index (χ1n) is 2.03. The SMILES string of the molecule is C=CC(C#N)=CN=C. The van der Waals surface area contributed by atoms with E-state index in [0.29, 0.717) is 5.57 Å². The topological polar surface area (TPSA) is 36.1 Å². The third-order valence-corrected chi connectivity index (χ3v) is 0.579. The Morgan fingerprint density at radius 3 is 2.50 bits per heavy atom. The fourth-order valence-electron chi connectivity index (χ4n) is 0.226. The van der Waals surface area contributed by atoms with Crippen LogP contribution < -0.4 is 0 Å². The zero-order chi connectivity index (χ0) is 6.41. The summed E-state index contributed by atoms with van der Waals surface area (Å²) >= 11 is 0. The second kappa shape index (κ2) is 3.82. The number of hydrogen-bond donors (Lipinski definition) is 0. The molecule has 0 aliphatic rings. The normalized spacial score (nSPS) is 9.62. The van der Waals surface area contributed by atoms with Crippen molar-refractivity contribution in [2.45, 2.75) is 0 Å². The summed E-state index contributed by atoms with van der Waals surface area (Å²) in [4.78, 5) is 3.37. The smallest absolute Gasteiger partial charge is 0.101 e. The van der Waals surface area contributed by atoms with E-state index in [1.54, 1.807) is 0 Å². The molecule has 0 amide bonds. The number of nitriles is 1. The van der Waals surface area contributed by atoms with Gasteiger partial charge in [0.2, 0.25) is 0 Å². The zero-order valence-electron chi connectivity index (χ0n) is 4.46. The summed E-state index contributed by atoms with van der Waals surface area (Å²) < 4.78 is 0. The van der Waals surface area contributed by atoms with Crippen LogP contribution in [0.2, 0.25) is 0 Å². The quantitative estimate of drug-likeness (QED) is 0.297. The van der Waals surface area contributed by atoms with Crippen LogP contribution in [0.25, 0.3) is 0 Å². The largest absolute Gasteiger partial charge is 0.271 e. The molecule has 0 spiro atoms. The molecule has 0 aromatic heterocycles. The van der Waals surface area contributed by atoms with Gasteiger partial charge >= 0.3 is 0 Å². The molecule has 0 radical (unpaired) electrons. The van der Waals surface area contributed by atoms with E-state index in [9.17, 15) is 0 Å². The van der Waals surface area contributed by atoms with Crippen LogP contribution in [-0.2, 0) is 0 Å². The van der Waals surface area contributed by atoms with Crippen LogP contribution in [0.4, 0.5) is 0 Å². The molecule has 0 rings (SSSR count). The van der Waals surface area contributed by atoms with Crippen LogP contribution in [0, 0.1) is 11.3 Å². The molecule has 2 nitrogen and oxygen atoms in total. The molecule has 2 heteroatoms. The van der Waals surface area contributed by atoms with E-state index >= 15 is 0 Å². The van der Waals surface area contributed by atoms with Crippen molar-refractivity contribution in [1.82, 2.24) is 0 Å². The number of nitrogens with zero attached hydrogens (tertiary/aromatic N) is 2. The Hall–Kier alpha value is -1.36. The van der Waals surface area contributed by atoms with Gasteiger partial charge in [0.15, 0.2) is 0 Å². The van der Waals surface area contributed by atoms with Crippen molar-refractivity contribution >= 4 is 6.72 Å². The number of allylic oxidation sites excluding steroid dienone is 2. The van der Waals surface area contributed by atoms with Crippen LogP contribution in [0.5, 0.6) is 0 Å². The van der Waals surface area contributed by atoms with Gasteiger partial charge in [-0.3, -0.25) is 4.99 Å². The maximum absolute atomic E-state index is 8.18. The Kier molecular flexibility index (Phi) is 3.17. The van der Waals surface area contributed by atoms with Gasteiger partial charge in [-0.25, -0.2) is 0 Å². The summed E-state index contributed by atoms with van der Waals surface area (Å²) in [5.74, 6) is 0. The van der Waals surface area contributed by atoms with Gasteiger partial charge in [-0.05, 0) is 6.72 Å². The van der Waals surface area contributed by atoms with Gasteiger partial charge in [-0.2, -0.15) is 5.26 Å². The van der Waals surface area contributed by atoms with Gasteiger partial charge in [0, 0.05) is 6.20 Å². The lowest BCUT2D eigenvalue weighted by molar-refractivity contribution is 1.47. The summed E-state index contributed by atoms with van der Waals surface area (Å²) in [5, 5.41) is 8.18. The molecule has 0 atom stereocenters. The van der Waals surface area contributed by atoms with E-state index < -0.39 is 0 Å². The molecule has 0 saturated carbocycles. The molecule has 0 saturated heterocycles. The van der Waals surface area contributed by atoms with Crippen LogP contribution in [0.3, 0.4) is 0 Å². The fourth-order valence-corrected chi connectivity index (χ4v) is 0.226. The van der Waals surface area contributed by atoms with Crippen molar-refractivity contribution in [3.63, 3.8) is 0 Å². The van der Waals surface area contributed by atoms with Crippen molar-refractivity contribution in [1.29, 1.82) is 5.26 Å². The lowest BCUT2D eigenvalue weighted by Crippen LogP contribution is -1.64. The second-order valence-electron chi connectivity index (χ2n) is 1.08. The highest BCUT2D eigenvalue weighted by Gasteiger charge is 1.79. The van der Waals surface area contributed by atoms with E-state index in [1.165, 1.54) is 12.3 Å². The van der Waals surface area contributed by atoms with E-state index in [0.717, 1.165) is 0 Å². The Morgan fingerprint density at radius 1 is 1.75 bits per heavy atom. The van der Waals surface area contributed by atoms with Gasteiger partial charge in [-0.1, -0.05) is 12.7 Å². The molecule has 0 aromatic rings. The molecule has 0 unspecified atom stereocenters. The van der Waals surface area contributed by atoms with Crippen LogP contribution in [0.15, 0.2) is 29.4 Å². The Balaban J connectivity index is 4.12. The number of aliphatic imine (C=N–C) groups is 1. The summed E-state index contributed by atoms with van der Waals surface area (Å²) in [5.41, 5.74) is 0.431. The highest BCUT2D eigenvalue weighted by atomic mass is 14.6. The van der Waals surface area contributed by atoms with E-state index in [1.807, 2.05) is 6.07 Å². The first kappa shape index (κ1) is 6.64. The lowest BCUT2D eigenvalue weighted by Gasteiger charge is -1.76. The minimum absolute atomic E-state index is 0.431. The molecule has 8 heavy (non-hydrogen) atoms. The van der Waals surface area contributed by atoms with Crippen molar-refractivity contribution in [2.75, 3.05) is 0 Å². The molecule has 0 bridgehead atoms. The highest BCUT2D eigenvalue weighted by Crippen LogP contribution is 1.90. The minimum atomic E-state index is 0.431. The van der Waals surface area contributed by atoms with E-state index in [-0.39, 0.29) is 0 Å². The van der Waals surface area contributed by atoms with Crippen LogP contribution in [0.1, 0.15) is 0 Å². The maximum atomic E-state index is 8.18. The summed E-state index contributed by atoms with van der Waals surface area (Å²) in [6.07, 6.45) is 2.78. The van der Waals surface area contributed by atoms with Crippen molar-refractivity contribution in [3.05, 3.63) is 24.4 Å². The molecule has 0 aromatic carbocycles. The molecule has 0 fully saturated rings. The average Bonchev–Trinajstić information content (AvgIpc) is 1.83. The van der Waals surface area contributed by atoms with Crippen molar-refractivity contribution in [3.8, 4) is 6.07 Å². The number of rotatable bonds is 2. The Morgan fingerprint density at radius 2 is 2.38 bits per heavy atom. The molecule has 0 N–H and O–H groups in total. The van der Waals surface area contributed by atoms with E-state index in [2.05, 4.69) is 18.3 Å². The third-order valence-electron chi connectivity index (χ3n) is 0.579. The molecule has 0 aliphatic carbocycles. The van der Waals surface area contributed by atoms with Gasteiger partial charge in [0.05, 0.1) is 5.57 Å². The zero-order valence-corrected chi connectivity index (χ0v) is 4.46. The Bertz CT molecular complexity index is 160. The molecular formula is C6H6N2. The van der Waals surface area contributed by atoms with Gasteiger partial charge in [0.25, 0.3) is 0 Å².